The Balaban J connectivity index is 5.19. The van der Waals surface area contributed by atoms with Crippen molar-refractivity contribution < 1.29 is 80.2 Å². The Bertz CT molecular complexity index is 1900. The van der Waals surface area contributed by atoms with E-state index in [9.17, 15) is 43.2 Å². The number of hydrogen-bond donors (Lipinski definition) is 3. The van der Waals surface area contributed by atoms with Gasteiger partial charge in [-0.3, -0.25) is 37.3 Å². The van der Waals surface area contributed by atoms with E-state index in [4.69, 9.17) is 37.0 Å². The monoisotopic (exact) mass is 1440 g/mol. The molecule has 0 heterocycles. The van der Waals surface area contributed by atoms with Gasteiger partial charge < -0.3 is 33.8 Å². The maximum Gasteiger partial charge on any atom is 0.472 e. The Morgan fingerprint density at radius 2 is 0.469 bits per heavy atom. The van der Waals surface area contributed by atoms with E-state index in [1.54, 1.807) is 0 Å². The van der Waals surface area contributed by atoms with E-state index in [1.807, 2.05) is 0 Å². The van der Waals surface area contributed by atoms with Crippen molar-refractivity contribution in [1.82, 2.24) is 0 Å². The lowest BCUT2D eigenvalue weighted by Crippen LogP contribution is -2.30. The number of carbonyl (C=O) groups is 4. The zero-order valence-electron chi connectivity index (χ0n) is 64.3. The van der Waals surface area contributed by atoms with Gasteiger partial charge in [0.05, 0.1) is 26.4 Å². The molecule has 0 bridgehead atoms. The van der Waals surface area contributed by atoms with Crippen molar-refractivity contribution in [2.24, 2.45) is 17.8 Å². The van der Waals surface area contributed by atoms with E-state index in [0.717, 1.165) is 120 Å². The molecule has 0 spiro atoms. The fourth-order valence-corrected chi connectivity index (χ4v) is 13.7. The fourth-order valence-electron chi connectivity index (χ4n) is 12.1. The van der Waals surface area contributed by atoms with Crippen LogP contribution in [0.5, 0.6) is 0 Å². The van der Waals surface area contributed by atoms with Crippen molar-refractivity contribution in [3.05, 3.63) is 0 Å². The number of phosphoric acid groups is 2. The van der Waals surface area contributed by atoms with Crippen LogP contribution in [-0.4, -0.2) is 96.7 Å². The first-order chi connectivity index (χ1) is 47.2. The molecule has 3 N–H and O–H groups in total. The van der Waals surface area contributed by atoms with Gasteiger partial charge in [0, 0.05) is 25.7 Å². The average molecular weight is 1440 g/mol. The minimum Gasteiger partial charge on any atom is -0.462 e. The smallest absolute Gasteiger partial charge is 0.462 e. The largest absolute Gasteiger partial charge is 0.472 e. The van der Waals surface area contributed by atoms with Gasteiger partial charge in [-0.1, -0.05) is 357 Å². The van der Waals surface area contributed by atoms with E-state index in [1.165, 1.54) is 205 Å². The van der Waals surface area contributed by atoms with Gasteiger partial charge in [0.2, 0.25) is 0 Å². The summed E-state index contributed by atoms with van der Waals surface area (Å²) in [4.78, 5) is 72.8. The van der Waals surface area contributed by atoms with Crippen LogP contribution in [0.4, 0.5) is 0 Å². The van der Waals surface area contributed by atoms with Crippen LogP contribution in [0.15, 0.2) is 0 Å². The van der Waals surface area contributed by atoms with E-state index in [2.05, 4.69) is 48.5 Å². The van der Waals surface area contributed by atoms with Gasteiger partial charge >= 0.3 is 39.5 Å². The number of aliphatic hydroxyl groups is 1. The first-order valence-corrected chi connectivity index (χ1v) is 43.8. The van der Waals surface area contributed by atoms with Gasteiger partial charge in [-0.2, -0.15) is 0 Å². The third-order valence-corrected chi connectivity index (χ3v) is 20.3. The highest BCUT2D eigenvalue weighted by molar-refractivity contribution is 7.47. The summed E-state index contributed by atoms with van der Waals surface area (Å²) >= 11 is 0. The molecule has 0 saturated heterocycles. The Kier molecular flexibility index (Phi) is 68.1. The van der Waals surface area contributed by atoms with Gasteiger partial charge in [0.25, 0.3) is 0 Å². The quantitative estimate of drug-likeness (QED) is 0.0222. The zero-order valence-corrected chi connectivity index (χ0v) is 66.0. The van der Waals surface area contributed by atoms with Gasteiger partial charge in [-0.05, 0) is 43.4 Å². The molecule has 0 aliphatic rings. The number of aliphatic hydroxyl groups excluding tert-OH is 1. The molecule has 0 rings (SSSR count). The summed E-state index contributed by atoms with van der Waals surface area (Å²) in [6.45, 7) is 11.9. The maximum atomic E-state index is 13.1. The summed E-state index contributed by atoms with van der Waals surface area (Å²) < 4.78 is 68.5. The van der Waals surface area contributed by atoms with Crippen LogP contribution in [0.1, 0.15) is 408 Å². The van der Waals surface area contributed by atoms with Crippen LogP contribution >= 0.6 is 15.6 Å². The predicted molar refractivity (Wildman–Crippen MR) is 400 cm³/mol. The average Bonchev–Trinajstić information content (AvgIpc) is 0.949. The Hall–Kier alpha value is -1.94. The normalized spacial score (nSPS) is 14.0. The van der Waals surface area contributed by atoms with Crippen LogP contribution in [-0.2, 0) is 65.4 Å². The van der Waals surface area contributed by atoms with E-state index in [-0.39, 0.29) is 25.7 Å². The second-order valence-electron chi connectivity index (χ2n) is 29.9. The Labute approximate surface area is 600 Å². The molecule has 0 aliphatic heterocycles. The lowest BCUT2D eigenvalue weighted by molar-refractivity contribution is -0.161. The standard InChI is InChI=1S/C79H154O17P2/c1-8-9-10-11-36-46-53-60-76(81)89-66-74(95-78(83)63-56-49-42-35-29-23-17-20-26-32-39-45-52-59-72(6)7)68-93-97(85,86)91-64-73(80)65-92-98(87,88)94-69-75(67-90-77(82)61-54-47-40-33-27-22-16-19-25-31-38-44-51-58-71(4)5)96-79(84)62-55-48-41-34-28-21-15-13-12-14-18-24-30-37-43-50-57-70(2)3/h70-75,80H,8-69H2,1-7H3,(H,85,86)(H,87,88)/t73-,74+,75+/m0/s1. The lowest BCUT2D eigenvalue weighted by Gasteiger charge is -2.21. The maximum absolute atomic E-state index is 13.1. The highest BCUT2D eigenvalue weighted by Gasteiger charge is 2.30. The number of rotatable bonds is 77. The van der Waals surface area contributed by atoms with E-state index < -0.39 is 97.5 Å². The molecule has 2 unspecified atom stereocenters. The molecular formula is C79H154O17P2. The topological polar surface area (TPSA) is 237 Å². The molecule has 0 amide bonds. The first kappa shape index (κ1) is 96.1. The third kappa shape index (κ3) is 72.4. The second kappa shape index (κ2) is 69.4. The Morgan fingerprint density at radius 3 is 0.694 bits per heavy atom. The van der Waals surface area contributed by atoms with Crippen LogP contribution in [0, 0.1) is 17.8 Å². The molecule has 0 aliphatic carbocycles. The number of unbranched alkanes of at least 4 members (excludes halogenated alkanes) is 45. The molecule has 17 nitrogen and oxygen atoms in total. The van der Waals surface area contributed by atoms with Gasteiger partial charge in [-0.25, -0.2) is 9.13 Å². The van der Waals surface area contributed by atoms with Crippen molar-refractivity contribution in [3.8, 4) is 0 Å². The molecular weight excluding hydrogens is 1280 g/mol. The predicted octanol–water partition coefficient (Wildman–Crippen LogP) is 23.4. The van der Waals surface area contributed by atoms with Crippen LogP contribution in [0.25, 0.3) is 0 Å². The van der Waals surface area contributed by atoms with E-state index >= 15 is 0 Å². The summed E-state index contributed by atoms with van der Waals surface area (Å²) in [5, 5.41) is 10.6. The van der Waals surface area contributed by atoms with Crippen molar-refractivity contribution in [2.45, 2.75) is 426 Å². The van der Waals surface area contributed by atoms with Crippen LogP contribution in [0.3, 0.4) is 0 Å². The molecule has 98 heavy (non-hydrogen) atoms. The zero-order chi connectivity index (χ0) is 72.3. The van der Waals surface area contributed by atoms with Crippen LogP contribution in [0.2, 0.25) is 0 Å². The molecule has 0 aromatic heterocycles. The van der Waals surface area contributed by atoms with Gasteiger partial charge in [0.1, 0.15) is 19.3 Å². The number of hydrogen-bond acceptors (Lipinski definition) is 15. The molecule has 0 saturated carbocycles. The van der Waals surface area contributed by atoms with Crippen molar-refractivity contribution in [3.63, 3.8) is 0 Å². The second-order valence-corrected chi connectivity index (χ2v) is 32.8. The molecule has 0 aromatic carbocycles. The highest BCUT2D eigenvalue weighted by Crippen LogP contribution is 2.45. The minimum atomic E-state index is -4.96. The fraction of sp³-hybridized carbons (Fsp3) is 0.949. The summed E-state index contributed by atoms with van der Waals surface area (Å²) in [5.74, 6) is 0.270. The minimum absolute atomic E-state index is 0.107. The lowest BCUT2D eigenvalue weighted by atomic mass is 10.0. The Morgan fingerprint density at radius 1 is 0.276 bits per heavy atom. The highest BCUT2D eigenvalue weighted by atomic mass is 31.2. The van der Waals surface area contributed by atoms with Gasteiger partial charge in [-0.15, -0.1) is 0 Å². The summed E-state index contributed by atoms with van der Waals surface area (Å²) in [6, 6.07) is 0. The number of carbonyl (C=O) groups excluding carboxylic acids is 4. The molecule has 582 valence electrons. The van der Waals surface area contributed by atoms with Crippen molar-refractivity contribution >= 4 is 39.5 Å². The molecule has 0 radical (unpaired) electrons. The summed E-state index contributed by atoms with van der Waals surface area (Å²) in [5.41, 5.74) is 0. The number of ether oxygens (including phenoxy) is 4. The number of esters is 4. The molecule has 0 fully saturated rings. The van der Waals surface area contributed by atoms with Gasteiger partial charge in [0.15, 0.2) is 12.2 Å². The number of phosphoric ester groups is 2. The molecule has 0 aromatic rings. The van der Waals surface area contributed by atoms with Crippen LogP contribution < -0.4 is 0 Å². The summed E-state index contributed by atoms with van der Waals surface area (Å²) in [7, 11) is -9.91. The SMILES string of the molecule is CCCCCCCCCC(=O)OC[C@H](COP(=O)(O)OC[C@H](O)COP(=O)(O)OC[C@@H](COC(=O)CCCCCCCCCCCCCCCC(C)C)OC(=O)CCCCCCCCCCCCCCCCCCC(C)C)OC(=O)CCCCCCCCCCCCCCCC(C)C. The first-order valence-electron chi connectivity index (χ1n) is 40.8. The molecule has 19 heteroatoms. The van der Waals surface area contributed by atoms with Crippen molar-refractivity contribution in [2.75, 3.05) is 39.6 Å². The molecule has 5 atom stereocenters. The third-order valence-electron chi connectivity index (χ3n) is 18.4. The van der Waals surface area contributed by atoms with Crippen molar-refractivity contribution in [1.29, 1.82) is 0 Å². The van der Waals surface area contributed by atoms with E-state index in [0.29, 0.717) is 25.7 Å². The summed E-state index contributed by atoms with van der Waals surface area (Å²) in [6.07, 6.45) is 57.0.